The van der Waals surface area contributed by atoms with Crippen LogP contribution in [0.25, 0.3) is 0 Å². The molecule has 0 aromatic heterocycles. The van der Waals surface area contributed by atoms with Crippen molar-refractivity contribution in [2.75, 3.05) is 0 Å². The Balaban J connectivity index is 1.89. The molecule has 2 aromatic carbocycles. The van der Waals surface area contributed by atoms with Gasteiger partial charge in [-0.25, -0.2) is 8.78 Å². The van der Waals surface area contributed by atoms with E-state index in [1.165, 1.54) is 12.1 Å². The Morgan fingerprint density at radius 3 is 2.60 bits per heavy atom. The summed E-state index contributed by atoms with van der Waals surface area (Å²) < 4.78 is 26.0. The lowest BCUT2D eigenvalue weighted by molar-refractivity contribution is 0.130. The van der Waals surface area contributed by atoms with Gasteiger partial charge in [0.15, 0.2) is 0 Å². The summed E-state index contributed by atoms with van der Waals surface area (Å²) in [6, 6.07) is 13.7. The molecule has 0 aliphatic rings. The standard InChI is InChI=1S/C15H12BrF2NO/c16-14-6-4-11(5-7-14)9-19-20-10-12-2-1-3-13(8-12)15(17)18/h1-9,15H,10H2. The molecule has 2 aromatic rings. The number of alkyl halides is 2. The lowest BCUT2D eigenvalue weighted by Crippen LogP contribution is -1.91. The maximum absolute atomic E-state index is 12.5. The summed E-state index contributed by atoms with van der Waals surface area (Å²) in [5.74, 6) is 0. The Morgan fingerprint density at radius 2 is 1.90 bits per heavy atom. The third-order valence-corrected chi connectivity index (χ3v) is 3.11. The molecule has 0 saturated heterocycles. The molecule has 0 bridgehead atoms. The first-order valence-electron chi connectivity index (χ1n) is 5.93. The van der Waals surface area contributed by atoms with Gasteiger partial charge in [-0.1, -0.05) is 51.4 Å². The van der Waals surface area contributed by atoms with Gasteiger partial charge >= 0.3 is 0 Å². The number of halogens is 3. The Labute approximate surface area is 124 Å². The van der Waals surface area contributed by atoms with Gasteiger partial charge < -0.3 is 4.84 Å². The first-order chi connectivity index (χ1) is 9.65. The molecule has 0 amide bonds. The van der Waals surface area contributed by atoms with Crippen molar-refractivity contribution in [3.05, 3.63) is 69.7 Å². The molecule has 0 atom stereocenters. The zero-order chi connectivity index (χ0) is 14.4. The highest BCUT2D eigenvalue weighted by Gasteiger charge is 2.06. The van der Waals surface area contributed by atoms with E-state index >= 15 is 0 Å². The summed E-state index contributed by atoms with van der Waals surface area (Å²) in [6.07, 6.45) is -0.898. The van der Waals surface area contributed by atoms with E-state index in [4.69, 9.17) is 4.84 Å². The quantitative estimate of drug-likeness (QED) is 0.558. The van der Waals surface area contributed by atoms with E-state index < -0.39 is 6.43 Å². The third kappa shape index (κ3) is 4.42. The molecule has 20 heavy (non-hydrogen) atoms. The maximum atomic E-state index is 12.5. The predicted octanol–water partition coefficient (Wildman–Crippen LogP) is 4.94. The van der Waals surface area contributed by atoms with Crippen molar-refractivity contribution < 1.29 is 13.6 Å². The van der Waals surface area contributed by atoms with E-state index in [1.54, 1.807) is 18.3 Å². The molecule has 0 heterocycles. The zero-order valence-electron chi connectivity index (χ0n) is 10.5. The van der Waals surface area contributed by atoms with E-state index in [9.17, 15) is 8.78 Å². The van der Waals surface area contributed by atoms with Gasteiger partial charge in [0.1, 0.15) is 6.61 Å². The van der Waals surface area contributed by atoms with Gasteiger partial charge in [0, 0.05) is 10.0 Å². The van der Waals surface area contributed by atoms with E-state index in [-0.39, 0.29) is 12.2 Å². The van der Waals surface area contributed by atoms with E-state index in [0.717, 1.165) is 10.0 Å². The van der Waals surface area contributed by atoms with Gasteiger partial charge in [0.25, 0.3) is 6.43 Å². The lowest BCUT2D eigenvalue weighted by Gasteiger charge is -2.03. The van der Waals surface area contributed by atoms with Crippen LogP contribution in [-0.2, 0) is 11.4 Å². The van der Waals surface area contributed by atoms with Crippen LogP contribution in [0.3, 0.4) is 0 Å². The van der Waals surface area contributed by atoms with Crippen molar-refractivity contribution >= 4 is 22.1 Å². The highest BCUT2D eigenvalue weighted by molar-refractivity contribution is 9.10. The van der Waals surface area contributed by atoms with Crippen molar-refractivity contribution in [2.45, 2.75) is 13.0 Å². The molecule has 2 nitrogen and oxygen atoms in total. The summed E-state index contributed by atoms with van der Waals surface area (Å²) in [5, 5.41) is 3.81. The van der Waals surface area contributed by atoms with Crippen LogP contribution in [0.1, 0.15) is 23.1 Å². The van der Waals surface area contributed by atoms with Gasteiger partial charge in [-0.2, -0.15) is 0 Å². The van der Waals surface area contributed by atoms with Crippen LogP contribution in [0.2, 0.25) is 0 Å². The number of nitrogens with zero attached hydrogens (tertiary/aromatic N) is 1. The highest BCUT2D eigenvalue weighted by atomic mass is 79.9. The van der Waals surface area contributed by atoms with E-state index in [0.29, 0.717) is 5.56 Å². The number of rotatable bonds is 5. The largest absolute Gasteiger partial charge is 0.391 e. The highest BCUT2D eigenvalue weighted by Crippen LogP contribution is 2.19. The number of hydrogen-bond acceptors (Lipinski definition) is 2. The van der Waals surface area contributed by atoms with Gasteiger partial charge in [-0.3, -0.25) is 0 Å². The summed E-state index contributed by atoms with van der Waals surface area (Å²) in [7, 11) is 0. The minimum absolute atomic E-state index is 0.0111. The Hall–Kier alpha value is -1.75. The van der Waals surface area contributed by atoms with Crippen LogP contribution < -0.4 is 0 Å². The molecule has 0 saturated carbocycles. The first kappa shape index (κ1) is 14.7. The second kappa shape index (κ2) is 7.14. The van der Waals surface area contributed by atoms with E-state index in [1.807, 2.05) is 24.3 Å². The molecule has 0 aliphatic heterocycles. The number of hydrogen-bond donors (Lipinski definition) is 0. The fourth-order valence-corrected chi connectivity index (χ4v) is 1.84. The molecule has 0 N–H and O–H groups in total. The van der Waals surface area contributed by atoms with Crippen LogP contribution in [-0.4, -0.2) is 6.21 Å². The Kier molecular flexibility index (Phi) is 5.24. The molecule has 0 fully saturated rings. The molecule has 0 aliphatic carbocycles. The average molecular weight is 340 g/mol. The Morgan fingerprint density at radius 1 is 1.15 bits per heavy atom. The SMILES string of the molecule is FC(F)c1cccc(CON=Cc2ccc(Br)cc2)c1. The van der Waals surface area contributed by atoms with Crippen molar-refractivity contribution in [3.63, 3.8) is 0 Å². The predicted molar refractivity (Wildman–Crippen MR) is 77.9 cm³/mol. The Bertz CT molecular complexity index is 585. The summed E-state index contributed by atoms with van der Waals surface area (Å²) >= 11 is 3.34. The molecule has 104 valence electrons. The minimum atomic E-state index is -2.47. The normalized spacial score (nSPS) is 11.2. The summed E-state index contributed by atoms with van der Waals surface area (Å²) in [4.78, 5) is 5.10. The molecule has 2 rings (SSSR count). The molecular weight excluding hydrogens is 328 g/mol. The first-order valence-corrected chi connectivity index (χ1v) is 6.72. The van der Waals surface area contributed by atoms with Gasteiger partial charge in [0.05, 0.1) is 6.21 Å². The average Bonchev–Trinajstić information content (AvgIpc) is 2.46. The second-order valence-electron chi connectivity index (χ2n) is 4.11. The van der Waals surface area contributed by atoms with Crippen molar-refractivity contribution in [3.8, 4) is 0 Å². The fourth-order valence-electron chi connectivity index (χ4n) is 1.58. The minimum Gasteiger partial charge on any atom is -0.391 e. The summed E-state index contributed by atoms with van der Waals surface area (Å²) in [6.45, 7) is 0.160. The maximum Gasteiger partial charge on any atom is 0.263 e. The van der Waals surface area contributed by atoms with E-state index in [2.05, 4.69) is 21.1 Å². The van der Waals surface area contributed by atoms with Crippen LogP contribution in [0.5, 0.6) is 0 Å². The lowest BCUT2D eigenvalue weighted by atomic mass is 10.1. The van der Waals surface area contributed by atoms with Crippen LogP contribution in [0, 0.1) is 0 Å². The monoisotopic (exact) mass is 339 g/mol. The van der Waals surface area contributed by atoms with Crippen molar-refractivity contribution in [2.24, 2.45) is 5.16 Å². The van der Waals surface area contributed by atoms with Crippen LogP contribution >= 0.6 is 15.9 Å². The number of benzene rings is 2. The molecule has 0 unspecified atom stereocenters. The van der Waals surface area contributed by atoms with Gasteiger partial charge in [-0.15, -0.1) is 0 Å². The second-order valence-corrected chi connectivity index (χ2v) is 5.02. The smallest absolute Gasteiger partial charge is 0.263 e. The third-order valence-electron chi connectivity index (χ3n) is 2.58. The fraction of sp³-hybridized carbons (Fsp3) is 0.133. The van der Waals surface area contributed by atoms with Crippen molar-refractivity contribution in [1.82, 2.24) is 0 Å². The van der Waals surface area contributed by atoms with Crippen LogP contribution in [0.4, 0.5) is 8.78 Å². The molecule has 0 spiro atoms. The van der Waals surface area contributed by atoms with Gasteiger partial charge in [0.2, 0.25) is 0 Å². The molecular formula is C15H12BrF2NO. The topological polar surface area (TPSA) is 21.6 Å². The van der Waals surface area contributed by atoms with Gasteiger partial charge in [-0.05, 0) is 29.3 Å². The van der Waals surface area contributed by atoms with Crippen molar-refractivity contribution in [1.29, 1.82) is 0 Å². The van der Waals surface area contributed by atoms with Crippen LogP contribution in [0.15, 0.2) is 58.2 Å². The molecule has 0 radical (unpaired) electrons. The molecule has 5 heteroatoms. The zero-order valence-corrected chi connectivity index (χ0v) is 12.1. The number of oxime groups is 1. The summed E-state index contributed by atoms with van der Waals surface area (Å²) in [5.41, 5.74) is 1.55.